The lowest BCUT2D eigenvalue weighted by Crippen LogP contribution is -2.36. The van der Waals surface area contributed by atoms with Crippen LogP contribution in [-0.2, 0) is 0 Å². The van der Waals surface area contributed by atoms with Gasteiger partial charge in [-0.15, -0.1) is 0 Å². The number of carbonyl (C=O) groups is 1. The molecule has 2 fully saturated rings. The average Bonchev–Trinajstić information content (AvgIpc) is 2.58. The van der Waals surface area contributed by atoms with E-state index in [2.05, 4.69) is 5.32 Å². The summed E-state index contributed by atoms with van der Waals surface area (Å²) in [4.78, 5) is 11.8. The zero-order valence-electron chi connectivity index (χ0n) is 13.6. The number of amides is 1. The molecule has 2 saturated carbocycles. The lowest BCUT2D eigenvalue weighted by molar-refractivity contribution is 0.0927. The molecule has 0 aliphatic heterocycles. The molecule has 3 N–H and O–H groups in total. The van der Waals surface area contributed by atoms with Crippen molar-refractivity contribution in [2.24, 2.45) is 5.73 Å². The van der Waals surface area contributed by atoms with E-state index < -0.39 is 0 Å². The smallest absolute Gasteiger partial charge is 0.251 e. The summed E-state index contributed by atoms with van der Waals surface area (Å²) < 4.78 is 0. The van der Waals surface area contributed by atoms with Gasteiger partial charge in [-0.2, -0.15) is 0 Å². The molecular formula is C19H30N2O. The number of rotatable bonds is 2. The fourth-order valence-corrected chi connectivity index (χ4v) is 3.24. The van der Waals surface area contributed by atoms with Crippen LogP contribution in [0.25, 0.3) is 0 Å². The number of hydrogen-bond donors (Lipinski definition) is 2. The summed E-state index contributed by atoms with van der Waals surface area (Å²) >= 11 is 0. The molecule has 1 aromatic carbocycles. The minimum atomic E-state index is 0.0718. The zero-order chi connectivity index (χ0) is 15.6. The summed E-state index contributed by atoms with van der Waals surface area (Å²) in [7, 11) is 0. The Bertz CT molecular complexity index is 420. The van der Waals surface area contributed by atoms with E-state index in [-0.39, 0.29) is 5.91 Å². The van der Waals surface area contributed by atoms with Crippen LogP contribution in [0.3, 0.4) is 0 Å². The maximum Gasteiger partial charge on any atom is 0.251 e. The minimum absolute atomic E-state index is 0.0718. The van der Waals surface area contributed by atoms with Crippen molar-refractivity contribution in [3.63, 3.8) is 0 Å². The molecule has 22 heavy (non-hydrogen) atoms. The number of benzene rings is 1. The molecule has 0 atom stereocenters. The number of hydrogen-bond acceptors (Lipinski definition) is 2. The largest absolute Gasteiger partial charge is 0.349 e. The molecule has 2 aliphatic rings. The number of carbonyl (C=O) groups excluding carboxylic acids is 1. The molecule has 1 aromatic rings. The molecule has 0 heterocycles. The second kappa shape index (κ2) is 9.62. The molecule has 0 unspecified atom stereocenters. The van der Waals surface area contributed by atoms with Crippen LogP contribution in [0, 0.1) is 0 Å². The maximum absolute atomic E-state index is 11.8. The normalized spacial score (nSPS) is 19.9. The van der Waals surface area contributed by atoms with Crippen molar-refractivity contribution in [3.05, 3.63) is 35.9 Å². The van der Waals surface area contributed by atoms with Gasteiger partial charge >= 0.3 is 0 Å². The van der Waals surface area contributed by atoms with E-state index in [1.165, 1.54) is 51.4 Å². The molecule has 122 valence electrons. The van der Waals surface area contributed by atoms with Gasteiger partial charge in [0.15, 0.2) is 0 Å². The summed E-state index contributed by atoms with van der Waals surface area (Å²) in [6.07, 6.45) is 12.8. The Balaban J connectivity index is 0.000000211. The van der Waals surface area contributed by atoms with E-state index in [0.29, 0.717) is 12.1 Å². The monoisotopic (exact) mass is 302 g/mol. The average molecular weight is 302 g/mol. The van der Waals surface area contributed by atoms with E-state index in [0.717, 1.165) is 18.4 Å². The van der Waals surface area contributed by atoms with Crippen molar-refractivity contribution in [2.75, 3.05) is 0 Å². The van der Waals surface area contributed by atoms with Gasteiger partial charge < -0.3 is 11.1 Å². The van der Waals surface area contributed by atoms with Gasteiger partial charge in [-0.05, 0) is 37.8 Å². The highest BCUT2D eigenvalue weighted by atomic mass is 16.1. The van der Waals surface area contributed by atoms with Crippen LogP contribution in [-0.4, -0.2) is 18.0 Å². The molecule has 2 aliphatic carbocycles. The van der Waals surface area contributed by atoms with Crippen molar-refractivity contribution in [2.45, 2.75) is 76.3 Å². The third kappa shape index (κ3) is 6.18. The second-order valence-electron chi connectivity index (χ2n) is 6.57. The van der Waals surface area contributed by atoms with Gasteiger partial charge in [0, 0.05) is 17.6 Å². The summed E-state index contributed by atoms with van der Waals surface area (Å²) in [6.45, 7) is 0. The highest BCUT2D eigenvalue weighted by Crippen LogP contribution is 2.17. The fourth-order valence-electron chi connectivity index (χ4n) is 3.24. The standard InChI is InChI=1S/C13H17NO.C6H13N/c15-13(11-7-3-1-4-8-11)14-12-9-5-2-6-10-12;7-6-4-2-1-3-5-6/h1,3-4,7-8,12H,2,5-6,9-10H2,(H,14,15);6H,1-5,7H2. The summed E-state index contributed by atoms with van der Waals surface area (Å²) in [5, 5.41) is 3.10. The number of nitrogens with two attached hydrogens (primary N) is 1. The summed E-state index contributed by atoms with van der Waals surface area (Å²) in [5.41, 5.74) is 6.40. The van der Waals surface area contributed by atoms with E-state index in [9.17, 15) is 4.79 Å². The minimum Gasteiger partial charge on any atom is -0.349 e. The SMILES string of the molecule is NC1CCCCC1.O=C(NC1CCCCC1)c1ccccc1. The lowest BCUT2D eigenvalue weighted by Gasteiger charge is -2.22. The van der Waals surface area contributed by atoms with E-state index >= 15 is 0 Å². The highest BCUT2D eigenvalue weighted by Gasteiger charge is 2.16. The van der Waals surface area contributed by atoms with Gasteiger partial charge in [-0.3, -0.25) is 4.79 Å². The zero-order valence-corrected chi connectivity index (χ0v) is 13.6. The van der Waals surface area contributed by atoms with Crippen LogP contribution < -0.4 is 11.1 Å². The molecule has 0 aromatic heterocycles. The van der Waals surface area contributed by atoms with Crippen LogP contribution in [0.15, 0.2) is 30.3 Å². The Morgan fingerprint density at radius 1 is 0.864 bits per heavy atom. The first kappa shape index (κ1) is 17.0. The topological polar surface area (TPSA) is 55.1 Å². The van der Waals surface area contributed by atoms with Crippen LogP contribution >= 0.6 is 0 Å². The third-order valence-corrected chi connectivity index (χ3v) is 4.63. The Labute approximate surface area is 134 Å². The molecule has 0 spiro atoms. The first-order valence-electron chi connectivity index (χ1n) is 8.87. The van der Waals surface area contributed by atoms with Crippen LogP contribution in [0.2, 0.25) is 0 Å². The molecule has 3 rings (SSSR count). The van der Waals surface area contributed by atoms with Crippen LogP contribution in [0.1, 0.15) is 74.6 Å². The van der Waals surface area contributed by atoms with Crippen LogP contribution in [0.5, 0.6) is 0 Å². The summed E-state index contributed by atoms with van der Waals surface area (Å²) in [5.74, 6) is 0.0718. The third-order valence-electron chi connectivity index (χ3n) is 4.63. The van der Waals surface area contributed by atoms with E-state index in [1.54, 1.807) is 0 Å². The quantitative estimate of drug-likeness (QED) is 0.866. The van der Waals surface area contributed by atoms with Crippen molar-refractivity contribution < 1.29 is 4.79 Å². The molecule has 1 amide bonds. The van der Waals surface area contributed by atoms with Crippen molar-refractivity contribution in [3.8, 4) is 0 Å². The molecule has 3 heteroatoms. The van der Waals surface area contributed by atoms with Crippen molar-refractivity contribution in [1.82, 2.24) is 5.32 Å². The Morgan fingerprint density at radius 3 is 1.91 bits per heavy atom. The van der Waals surface area contributed by atoms with Crippen molar-refractivity contribution >= 4 is 5.91 Å². The lowest BCUT2D eigenvalue weighted by atomic mass is 9.95. The van der Waals surface area contributed by atoms with Gasteiger partial charge in [0.05, 0.1) is 0 Å². The van der Waals surface area contributed by atoms with Crippen LogP contribution in [0.4, 0.5) is 0 Å². The predicted octanol–water partition coefficient (Wildman–Crippen LogP) is 4.03. The predicted molar refractivity (Wildman–Crippen MR) is 91.8 cm³/mol. The summed E-state index contributed by atoms with van der Waals surface area (Å²) in [6, 6.07) is 10.4. The van der Waals surface area contributed by atoms with Gasteiger partial charge in [-0.25, -0.2) is 0 Å². The first-order valence-corrected chi connectivity index (χ1v) is 8.87. The second-order valence-corrected chi connectivity index (χ2v) is 6.57. The molecule has 0 saturated heterocycles. The van der Waals surface area contributed by atoms with Crippen molar-refractivity contribution in [1.29, 1.82) is 0 Å². The number of nitrogens with one attached hydrogen (secondary N) is 1. The van der Waals surface area contributed by atoms with Gasteiger partial charge in [-0.1, -0.05) is 56.7 Å². The Morgan fingerprint density at radius 2 is 1.41 bits per heavy atom. The van der Waals surface area contributed by atoms with Gasteiger partial charge in [0.1, 0.15) is 0 Å². The maximum atomic E-state index is 11.8. The molecular weight excluding hydrogens is 272 g/mol. The van der Waals surface area contributed by atoms with E-state index in [4.69, 9.17) is 5.73 Å². The van der Waals surface area contributed by atoms with Gasteiger partial charge in [0.25, 0.3) is 5.91 Å². The first-order chi connectivity index (χ1) is 10.8. The molecule has 3 nitrogen and oxygen atoms in total. The molecule has 0 bridgehead atoms. The van der Waals surface area contributed by atoms with Gasteiger partial charge in [0.2, 0.25) is 0 Å². The Kier molecular flexibility index (Phi) is 7.44. The Hall–Kier alpha value is -1.35. The fraction of sp³-hybridized carbons (Fsp3) is 0.632. The molecule has 0 radical (unpaired) electrons. The van der Waals surface area contributed by atoms with E-state index in [1.807, 2.05) is 30.3 Å². The highest BCUT2D eigenvalue weighted by molar-refractivity contribution is 5.94.